The lowest BCUT2D eigenvalue weighted by Crippen LogP contribution is -2.21. The first-order chi connectivity index (χ1) is 10.5. The molecule has 0 bridgehead atoms. The fraction of sp³-hybridized carbons (Fsp3) is 0.294. The highest BCUT2D eigenvalue weighted by atomic mass is 35.5. The number of nitrogens with zero attached hydrogens (tertiary/aromatic N) is 2. The Morgan fingerprint density at radius 3 is 2.64 bits per heavy atom. The van der Waals surface area contributed by atoms with Gasteiger partial charge in [0.05, 0.1) is 21.6 Å². The van der Waals surface area contributed by atoms with Crippen LogP contribution < -0.4 is 5.56 Å². The summed E-state index contributed by atoms with van der Waals surface area (Å²) in [6.07, 6.45) is 2.65. The third kappa shape index (κ3) is 1.98. The molecule has 1 aromatic carbocycles. The van der Waals surface area contributed by atoms with Crippen LogP contribution in [0.1, 0.15) is 25.1 Å². The van der Waals surface area contributed by atoms with Gasteiger partial charge in [-0.05, 0) is 43.4 Å². The third-order valence-corrected chi connectivity index (χ3v) is 4.42. The molecule has 0 saturated heterocycles. The molecular weight excluding hydrogens is 300 g/mol. The van der Waals surface area contributed by atoms with Gasteiger partial charge in [0, 0.05) is 18.1 Å². The van der Waals surface area contributed by atoms with E-state index < -0.39 is 0 Å². The summed E-state index contributed by atoms with van der Waals surface area (Å²) in [6.45, 7) is 6.44. The van der Waals surface area contributed by atoms with Crippen LogP contribution in [0.2, 0.25) is 5.02 Å². The molecule has 22 heavy (non-hydrogen) atoms. The minimum Gasteiger partial charge on any atom is -0.506 e. The largest absolute Gasteiger partial charge is 0.506 e. The van der Waals surface area contributed by atoms with Gasteiger partial charge in [-0.1, -0.05) is 18.5 Å². The second-order valence-corrected chi connectivity index (χ2v) is 5.75. The molecule has 0 aliphatic carbocycles. The zero-order chi connectivity index (χ0) is 16.0. The van der Waals surface area contributed by atoms with Gasteiger partial charge in [-0.2, -0.15) is 0 Å². The first-order valence-electron chi connectivity index (χ1n) is 7.32. The second-order valence-electron chi connectivity index (χ2n) is 5.34. The van der Waals surface area contributed by atoms with E-state index in [2.05, 4.69) is 11.9 Å². The predicted octanol–water partition coefficient (Wildman–Crippen LogP) is 3.80. The summed E-state index contributed by atoms with van der Waals surface area (Å²) in [5.74, 6) is -0.0721. The van der Waals surface area contributed by atoms with Crippen molar-refractivity contribution in [3.05, 3.63) is 45.0 Å². The van der Waals surface area contributed by atoms with Gasteiger partial charge in [0.1, 0.15) is 5.75 Å². The Labute approximate surface area is 133 Å². The summed E-state index contributed by atoms with van der Waals surface area (Å²) >= 11 is 6.07. The van der Waals surface area contributed by atoms with Gasteiger partial charge < -0.3 is 9.67 Å². The van der Waals surface area contributed by atoms with Crippen LogP contribution in [0, 0.1) is 6.92 Å². The molecule has 4 nitrogen and oxygen atoms in total. The Kier molecular flexibility index (Phi) is 3.57. The topological polar surface area (TPSA) is 55.1 Å². The Hall–Kier alpha value is -2.07. The van der Waals surface area contributed by atoms with Gasteiger partial charge in [0.15, 0.2) is 0 Å². The summed E-state index contributed by atoms with van der Waals surface area (Å²) in [7, 11) is 0. The van der Waals surface area contributed by atoms with Crippen LogP contribution in [-0.4, -0.2) is 14.7 Å². The van der Waals surface area contributed by atoms with Crippen LogP contribution in [0.25, 0.3) is 21.7 Å². The molecular formula is C17H17ClN2O2. The molecule has 0 aliphatic rings. The van der Waals surface area contributed by atoms with Crippen molar-refractivity contribution >= 4 is 33.3 Å². The van der Waals surface area contributed by atoms with Gasteiger partial charge >= 0.3 is 0 Å². The summed E-state index contributed by atoms with van der Waals surface area (Å²) in [6, 6.07) is 3.13. The maximum atomic E-state index is 12.8. The predicted molar refractivity (Wildman–Crippen MR) is 90.0 cm³/mol. The maximum Gasteiger partial charge on any atom is 0.259 e. The van der Waals surface area contributed by atoms with Crippen LogP contribution in [0.15, 0.2) is 23.1 Å². The number of phenols is 1. The molecule has 0 spiro atoms. The minimum atomic E-state index is -0.130. The third-order valence-electron chi connectivity index (χ3n) is 4.11. The quantitative estimate of drug-likeness (QED) is 0.732. The summed E-state index contributed by atoms with van der Waals surface area (Å²) in [4.78, 5) is 17.2. The van der Waals surface area contributed by atoms with E-state index in [1.807, 2.05) is 20.0 Å². The van der Waals surface area contributed by atoms with Crippen LogP contribution >= 0.6 is 11.6 Å². The van der Waals surface area contributed by atoms with E-state index in [1.165, 1.54) is 6.07 Å². The summed E-state index contributed by atoms with van der Waals surface area (Å²) in [5, 5.41) is 12.4. The average Bonchev–Trinajstić information content (AvgIpc) is 2.50. The average molecular weight is 317 g/mol. The molecule has 2 aromatic heterocycles. The van der Waals surface area contributed by atoms with Gasteiger partial charge in [-0.25, -0.2) is 0 Å². The highest BCUT2D eigenvalue weighted by molar-refractivity contribution is 6.33. The van der Waals surface area contributed by atoms with Crippen LogP contribution in [0.3, 0.4) is 0 Å². The van der Waals surface area contributed by atoms with Crippen LogP contribution in [0.4, 0.5) is 0 Å². The molecule has 5 heteroatoms. The molecule has 3 rings (SSSR count). The number of hydrogen-bond donors (Lipinski definition) is 1. The number of pyridine rings is 2. The Morgan fingerprint density at radius 1 is 1.27 bits per heavy atom. The smallest absolute Gasteiger partial charge is 0.259 e. The van der Waals surface area contributed by atoms with Crippen LogP contribution in [0.5, 0.6) is 5.75 Å². The first-order valence-corrected chi connectivity index (χ1v) is 7.70. The van der Waals surface area contributed by atoms with Gasteiger partial charge in [0.2, 0.25) is 0 Å². The van der Waals surface area contributed by atoms with Crippen molar-refractivity contribution in [3.63, 3.8) is 0 Å². The highest BCUT2D eigenvalue weighted by Gasteiger charge is 2.16. The van der Waals surface area contributed by atoms with E-state index in [4.69, 9.17) is 11.6 Å². The molecule has 0 saturated carbocycles. The standard InChI is InChI=1S/C17H17ClN2O2/c1-4-10-8-19-9(3)16-15(10)11-6-13(18)14(21)7-12(11)17(22)20(16)5-2/h6-8,21H,4-5H2,1-3H3. The number of benzene rings is 1. The normalized spacial score (nSPS) is 11.5. The molecule has 0 fully saturated rings. The van der Waals surface area contributed by atoms with Crippen molar-refractivity contribution in [2.24, 2.45) is 0 Å². The van der Waals surface area contributed by atoms with E-state index in [-0.39, 0.29) is 16.3 Å². The van der Waals surface area contributed by atoms with E-state index in [0.717, 1.165) is 34.0 Å². The van der Waals surface area contributed by atoms with Gasteiger partial charge in [0.25, 0.3) is 5.56 Å². The lowest BCUT2D eigenvalue weighted by molar-refractivity contribution is 0.476. The number of rotatable bonds is 2. The number of halogens is 1. The number of hydrogen-bond acceptors (Lipinski definition) is 3. The van der Waals surface area contributed by atoms with Crippen molar-refractivity contribution in [1.29, 1.82) is 0 Å². The molecule has 1 N–H and O–H groups in total. The van der Waals surface area contributed by atoms with Gasteiger partial charge in [-0.3, -0.25) is 9.78 Å². The van der Waals surface area contributed by atoms with Crippen molar-refractivity contribution in [1.82, 2.24) is 9.55 Å². The fourth-order valence-electron chi connectivity index (χ4n) is 3.03. The fourth-order valence-corrected chi connectivity index (χ4v) is 3.19. The number of aromatic nitrogens is 2. The minimum absolute atomic E-state index is 0.0721. The lowest BCUT2D eigenvalue weighted by Gasteiger charge is -2.16. The van der Waals surface area contributed by atoms with E-state index >= 15 is 0 Å². The molecule has 0 atom stereocenters. The van der Waals surface area contributed by atoms with E-state index in [1.54, 1.807) is 10.6 Å². The van der Waals surface area contributed by atoms with Gasteiger partial charge in [-0.15, -0.1) is 0 Å². The molecule has 0 aliphatic heterocycles. The number of phenolic OH excluding ortho intramolecular Hbond substituents is 1. The second kappa shape index (κ2) is 5.29. The molecule has 0 unspecified atom stereocenters. The zero-order valence-corrected chi connectivity index (χ0v) is 13.5. The Bertz CT molecular complexity index is 961. The molecule has 3 aromatic rings. The van der Waals surface area contributed by atoms with E-state index in [9.17, 15) is 9.90 Å². The first kappa shape index (κ1) is 14.9. The molecule has 0 radical (unpaired) electrons. The van der Waals surface area contributed by atoms with Crippen molar-refractivity contribution in [2.45, 2.75) is 33.7 Å². The zero-order valence-electron chi connectivity index (χ0n) is 12.8. The molecule has 114 valence electrons. The van der Waals surface area contributed by atoms with Crippen molar-refractivity contribution in [3.8, 4) is 5.75 Å². The number of aromatic hydroxyl groups is 1. The van der Waals surface area contributed by atoms with Crippen molar-refractivity contribution in [2.75, 3.05) is 0 Å². The number of fused-ring (bicyclic) bond motifs is 3. The summed E-state index contributed by atoms with van der Waals surface area (Å²) in [5.41, 5.74) is 2.60. The Balaban J connectivity index is 2.73. The number of aryl methyl sites for hydroxylation is 3. The highest BCUT2D eigenvalue weighted by Crippen LogP contribution is 2.33. The SMILES string of the molecule is CCc1cnc(C)c2c1c1cc(Cl)c(O)cc1c(=O)n2CC. The summed E-state index contributed by atoms with van der Waals surface area (Å²) < 4.78 is 1.71. The van der Waals surface area contributed by atoms with Crippen LogP contribution in [-0.2, 0) is 13.0 Å². The molecule has 0 amide bonds. The molecule has 2 heterocycles. The maximum absolute atomic E-state index is 12.8. The van der Waals surface area contributed by atoms with Crippen molar-refractivity contribution < 1.29 is 5.11 Å². The lowest BCUT2D eigenvalue weighted by atomic mass is 10.00. The Morgan fingerprint density at radius 2 is 2.00 bits per heavy atom. The monoisotopic (exact) mass is 316 g/mol. The van der Waals surface area contributed by atoms with E-state index in [0.29, 0.717) is 11.9 Å².